The summed E-state index contributed by atoms with van der Waals surface area (Å²) in [4.78, 5) is 0. The summed E-state index contributed by atoms with van der Waals surface area (Å²) in [6, 6.07) is 14.5. The molecule has 1 atom stereocenters. The average molecular weight is 412 g/mol. The fourth-order valence-corrected chi connectivity index (χ4v) is 4.67. The first-order valence-electron chi connectivity index (χ1n) is 8.17. The van der Waals surface area contributed by atoms with E-state index in [2.05, 4.69) is 0 Å². The Labute approximate surface area is 164 Å². The number of sulfonamides is 1. The predicted molar refractivity (Wildman–Crippen MR) is 105 cm³/mol. The normalized spacial score (nSPS) is 19.5. The molecule has 0 saturated carbocycles. The van der Waals surface area contributed by atoms with Crippen LogP contribution in [0.2, 0.25) is 10.0 Å². The second-order valence-corrected chi connectivity index (χ2v) is 8.87. The zero-order valence-corrected chi connectivity index (χ0v) is 16.3. The van der Waals surface area contributed by atoms with Crippen molar-refractivity contribution in [1.29, 1.82) is 0 Å². The minimum Gasteiger partial charge on any atom is -0.375 e. The number of ether oxygens (including phenoxy) is 1. The van der Waals surface area contributed by atoms with Crippen molar-refractivity contribution < 1.29 is 13.2 Å². The molecule has 0 radical (unpaired) electrons. The highest BCUT2D eigenvalue weighted by Gasteiger charge is 2.31. The van der Waals surface area contributed by atoms with E-state index in [9.17, 15) is 8.42 Å². The standard InChI is InChI=1S/C19H19Cl2NO3S/c20-17-9-8-16(19(21)11-17)12-22-18(7-4-10-26(22,23)24)14-25-13-15-5-2-1-3-6-15/h1-9,11,18H,10,12-14H2/t18-/m1/s1. The lowest BCUT2D eigenvalue weighted by Gasteiger charge is -2.31. The van der Waals surface area contributed by atoms with Crippen molar-refractivity contribution in [2.45, 2.75) is 19.2 Å². The van der Waals surface area contributed by atoms with E-state index in [1.807, 2.05) is 36.4 Å². The lowest BCUT2D eigenvalue weighted by Crippen LogP contribution is -2.44. The largest absolute Gasteiger partial charge is 0.375 e. The van der Waals surface area contributed by atoms with Gasteiger partial charge in [-0.3, -0.25) is 0 Å². The summed E-state index contributed by atoms with van der Waals surface area (Å²) in [5.74, 6) is -0.0204. The van der Waals surface area contributed by atoms with Gasteiger partial charge in [0.25, 0.3) is 0 Å². The van der Waals surface area contributed by atoms with Crippen molar-refractivity contribution in [2.75, 3.05) is 12.4 Å². The minimum absolute atomic E-state index is 0.0204. The molecule has 0 aromatic heterocycles. The van der Waals surface area contributed by atoms with Crippen LogP contribution in [0.5, 0.6) is 0 Å². The van der Waals surface area contributed by atoms with Crippen LogP contribution in [0.15, 0.2) is 60.7 Å². The van der Waals surface area contributed by atoms with Gasteiger partial charge in [0.2, 0.25) is 10.0 Å². The van der Waals surface area contributed by atoms with Crippen LogP contribution in [-0.2, 0) is 27.9 Å². The number of hydrogen-bond acceptors (Lipinski definition) is 3. The Kier molecular flexibility index (Phi) is 6.37. The molecule has 26 heavy (non-hydrogen) atoms. The molecule has 0 fully saturated rings. The maximum absolute atomic E-state index is 12.6. The molecule has 2 aromatic carbocycles. The maximum atomic E-state index is 12.6. The molecule has 7 heteroatoms. The van der Waals surface area contributed by atoms with E-state index in [4.69, 9.17) is 27.9 Å². The number of halogens is 2. The van der Waals surface area contributed by atoms with Gasteiger partial charge in [0.05, 0.1) is 25.0 Å². The molecule has 0 amide bonds. The molecule has 1 aliphatic rings. The Morgan fingerprint density at radius 3 is 2.62 bits per heavy atom. The smallest absolute Gasteiger partial charge is 0.218 e. The van der Waals surface area contributed by atoms with Gasteiger partial charge in [0.1, 0.15) is 0 Å². The molecule has 0 N–H and O–H groups in total. The van der Waals surface area contributed by atoms with Gasteiger partial charge in [-0.15, -0.1) is 0 Å². The van der Waals surface area contributed by atoms with Gasteiger partial charge in [-0.25, -0.2) is 8.42 Å². The third-order valence-corrected chi connectivity index (χ3v) is 6.45. The van der Waals surface area contributed by atoms with Crippen LogP contribution in [0.1, 0.15) is 11.1 Å². The van der Waals surface area contributed by atoms with Crippen LogP contribution >= 0.6 is 23.2 Å². The van der Waals surface area contributed by atoms with Gasteiger partial charge in [-0.2, -0.15) is 4.31 Å². The van der Waals surface area contributed by atoms with Crippen LogP contribution in [0.4, 0.5) is 0 Å². The Balaban J connectivity index is 1.72. The zero-order chi connectivity index (χ0) is 18.6. The Morgan fingerprint density at radius 2 is 1.88 bits per heavy atom. The van der Waals surface area contributed by atoms with E-state index in [1.54, 1.807) is 24.3 Å². The second kappa shape index (κ2) is 8.55. The fourth-order valence-electron chi connectivity index (χ4n) is 2.78. The predicted octanol–water partition coefficient (Wildman–Crippen LogP) is 4.28. The maximum Gasteiger partial charge on any atom is 0.218 e. The van der Waals surface area contributed by atoms with Crippen LogP contribution in [0.3, 0.4) is 0 Å². The van der Waals surface area contributed by atoms with Crippen molar-refractivity contribution in [3.8, 4) is 0 Å². The molecule has 0 saturated heterocycles. The van der Waals surface area contributed by atoms with Gasteiger partial charge >= 0.3 is 0 Å². The Morgan fingerprint density at radius 1 is 1.12 bits per heavy atom. The molecule has 4 nitrogen and oxygen atoms in total. The lowest BCUT2D eigenvalue weighted by molar-refractivity contribution is 0.0889. The molecule has 2 aromatic rings. The van der Waals surface area contributed by atoms with Gasteiger partial charge in [-0.1, -0.05) is 71.8 Å². The highest BCUT2D eigenvalue weighted by atomic mass is 35.5. The van der Waals surface area contributed by atoms with E-state index >= 15 is 0 Å². The SMILES string of the molecule is O=S1(=O)CC=C[C@H](COCc2ccccc2)N1Cc1ccc(Cl)cc1Cl. The summed E-state index contributed by atoms with van der Waals surface area (Å²) >= 11 is 12.1. The summed E-state index contributed by atoms with van der Waals surface area (Å²) in [5.41, 5.74) is 1.76. The highest BCUT2D eigenvalue weighted by Crippen LogP contribution is 2.26. The summed E-state index contributed by atoms with van der Waals surface area (Å²) in [7, 11) is -3.42. The first kappa shape index (κ1) is 19.4. The molecule has 0 aliphatic carbocycles. The van der Waals surface area contributed by atoms with Crippen molar-refractivity contribution in [3.05, 3.63) is 81.9 Å². The summed E-state index contributed by atoms with van der Waals surface area (Å²) < 4.78 is 32.3. The van der Waals surface area contributed by atoms with Crippen molar-refractivity contribution in [1.82, 2.24) is 4.31 Å². The van der Waals surface area contributed by atoms with Crippen molar-refractivity contribution in [2.24, 2.45) is 0 Å². The van der Waals surface area contributed by atoms with Crippen molar-refractivity contribution >= 4 is 33.2 Å². The number of benzene rings is 2. The summed E-state index contributed by atoms with van der Waals surface area (Å²) in [6.45, 7) is 0.888. The monoisotopic (exact) mass is 411 g/mol. The van der Waals surface area contributed by atoms with Crippen molar-refractivity contribution in [3.63, 3.8) is 0 Å². The molecule has 0 spiro atoms. The third-order valence-electron chi connectivity index (χ3n) is 4.13. The summed E-state index contributed by atoms with van der Waals surface area (Å²) in [6.07, 6.45) is 3.54. The van der Waals surface area contributed by atoms with E-state index in [0.717, 1.165) is 5.56 Å². The third kappa shape index (κ3) is 4.87. The topological polar surface area (TPSA) is 46.6 Å². The van der Waals surface area contributed by atoms with Gasteiger partial charge < -0.3 is 4.74 Å². The molecule has 3 rings (SSSR count). The quantitative estimate of drug-likeness (QED) is 0.666. The number of rotatable bonds is 6. The van der Waals surface area contributed by atoms with E-state index in [0.29, 0.717) is 22.2 Å². The molecule has 0 bridgehead atoms. The van der Waals surface area contributed by atoms with Crippen LogP contribution in [0, 0.1) is 0 Å². The van der Waals surface area contributed by atoms with E-state index in [1.165, 1.54) is 4.31 Å². The Hall–Kier alpha value is -1.37. The second-order valence-electron chi connectivity index (χ2n) is 6.06. The molecule has 0 unspecified atom stereocenters. The average Bonchev–Trinajstić information content (AvgIpc) is 2.60. The first-order valence-corrected chi connectivity index (χ1v) is 10.5. The van der Waals surface area contributed by atoms with Gasteiger partial charge in [-0.05, 0) is 23.3 Å². The van der Waals surface area contributed by atoms with Gasteiger partial charge in [0, 0.05) is 16.6 Å². The lowest BCUT2D eigenvalue weighted by atomic mass is 10.2. The fraction of sp³-hybridized carbons (Fsp3) is 0.263. The molecule has 1 heterocycles. The number of hydrogen-bond donors (Lipinski definition) is 0. The van der Waals surface area contributed by atoms with Crippen LogP contribution in [0.25, 0.3) is 0 Å². The highest BCUT2D eigenvalue weighted by molar-refractivity contribution is 7.89. The molecule has 1 aliphatic heterocycles. The van der Waals surface area contributed by atoms with Gasteiger partial charge in [0.15, 0.2) is 0 Å². The van der Waals surface area contributed by atoms with E-state index < -0.39 is 10.0 Å². The Bertz CT molecular complexity index is 885. The van der Waals surface area contributed by atoms with Crippen LogP contribution in [-0.4, -0.2) is 31.1 Å². The molecular formula is C19H19Cl2NO3S. The minimum atomic E-state index is -3.42. The molecular weight excluding hydrogens is 393 g/mol. The van der Waals surface area contributed by atoms with Crippen LogP contribution < -0.4 is 0 Å². The molecule has 138 valence electrons. The first-order chi connectivity index (χ1) is 12.5. The number of nitrogens with zero attached hydrogens (tertiary/aromatic N) is 1. The summed E-state index contributed by atoms with van der Waals surface area (Å²) in [5, 5.41) is 0.967. The zero-order valence-electron chi connectivity index (χ0n) is 14.0. The van der Waals surface area contributed by atoms with E-state index in [-0.39, 0.29) is 24.9 Å².